The van der Waals surface area contributed by atoms with E-state index >= 15 is 0 Å². The summed E-state index contributed by atoms with van der Waals surface area (Å²) in [6.45, 7) is 0. The molecule has 232 valence electrons. The van der Waals surface area contributed by atoms with Gasteiger partial charge in [0.2, 0.25) is 0 Å². The molecule has 6 aromatic rings. The molecule has 0 radical (unpaired) electrons. The standard InChI is InChI=1S/C44H36N4/c1-5-13-29(14-6-1)41-33-21-23-35(45-33)42(30-15-7-2-8-16-30)37-25-27-39(47-37)44(32-19-11-4-12-20-32)40-28-26-38(48-40)43(31-17-9-3-10-18-31)36-24-22-34(41)46-36/h1-28,33,38,41-44,46-47H. The van der Waals surface area contributed by atoms with Crippen molar-refractivity contribution in [2.24, 2.45) is 9.98 Å². The molecule has 9 rings (SSSR count). The SMILES string of the molecule is C1=CC2N=C1C(c1ccccc1)c1ccc([nH]1)C(c1ccccc1)C1=NC(C=C1)C(c1ccccc1)c1ccc([nH]1)C2c1ccccc1. The first-order valence-electron chi connectivity index (χ1n) is 16.9. The number of aliphatic imine (C=N–C) groups is 2. The Labute approximate surface area is 281 Å². The number of nitrogens with zero attached hydrogens (tertiary/aromatic N) is 2. The molecule has 4 heteroatoms. The summed E-state index contributed by atoms with van der Waals surface area (Å²) in [5.41, 5.74) is 11.6. The first kappa shape index (κ1) is 28.5. The Kier molecular flexibility index (Phi) is 7.20. The van der Waals surface area contributed by atoms with Crippen molar-refractivity contribution in [2.45, 2.75) is 35.8 Å². The van der Waals surface area contributed by atoms with E-state index in [4.69, 9.17) is 9.98 Å². The molecule has 0 aliphatic carbocycles. The highest BCUT2D eigenvalue weighted by Crippen LogP contribution is 2.40. The fourth-order valence-corrected chi connectivity index (χ4v) is 7.93. The minimum atomic E-state index is -0.0503. The first-order chi connectivity index (χ1) is 23.8. The summed E-state index contributed by atoms with van der Waals surface area (Å²) in [5, 5.41) is 0. The van der Waals surface area contributed by atoms with Gasteiger partial charge in [0.25, 0.3) is 0 Å². The van der Waals surface area contributed by atoms with Gasteiger partial charge in [0.15, 0.2) is 0 Å². The summed E-state index contributed by atoms with van der Waals surface area (Å²) in [4.78, 5) is 18.9. The maximum atomic E-state index is 5.52. The zero-order valence-electron chi connectivity index (χ0n) is 26.5. The van der Waals surface area contributed by atoms with Crippen LogP contribution in [0, 0.1) is 0 Å². The predicted octanol–water partition coefficient (Wildman–Crippen LogP) is 9.34. The normalized spacial score (nSPS) is 24.3. The number of fused-ring (bicyclic) bond motifs is 6. The van der Waals surface area contributed by atoms with Gasteiger partial charge in [0.05, 0.1) is 35.8 Å². The summed E-state index contributed by atoms with van der Waals surface area (Å²) in [6.07, 6.45) is 9.08. The van der Waals surface area contributed by atoms with Gasteiger partial charge in [-0.2, -0.15) is 0 Å². The Morgan fingerprint density at radius 3 is 1.08 bits per heavy atom. The van der Waals surface area contributed by atoms with Crippen LogP contribution in [0.4, 0.5) is 0 Å². The largest absolute Gasteiger partial charge is 0.361 e. The van der Waals surface area contributed by atoms with Crippen molar-refractivity contribution in [3.05, 3.63) is 215 Å². The molecule has 0 amide bonds. The zero-order chi connectivity index (χ0) is 31.9. The fourth-order valence-electron chi connectivity index (χ4n) is 7.93. The van der Waals surface area contributed by atoms with Gasteiger partial charge in [-0.3, -0.25) is 9.98 Å². The van der Waals surface area contributed by atoms with E-state index in [2.05, 4.69) is 180 Å². The molecule has 0 saturated heterocycles. The number of hydrogen-bond acceptors (Lipinski definition) is 2. The topological polar surface area (TPSA) is 56.3 Å². The van der Waals surface area contributed by atoms with Crippen molar-refractivity contribution in [3.63, 3.8) is 0 Å². The fraction of sp³-hybridized carbons (Fsp3) is 0.136. The van der Waals surface area contributed by atoms with Gasteiger partial charge in [0.1, 0.15) is 0 Å². The number of nitrogens with one attached hydrogen (secondary N) is 2. The summed E-state index contributed by atoms with van der Waals surface area (Å²) < 4.78 is 0. The predicted molar refractivity (Wildman–Crippen MR) is 195 cm³/mol. The number of benzene rings is 4. The third-order valence-electron chi connectivity index (χ3n) is 10.1. The lowest BCUT2D eigenvalue weighted by Gasteiger charge is -2.24. The molecular weight excluding hydrogens is 585 g/mol. The third-order valence-corrected chi connectivity index (χ3v) is 10.1. The smallest absolute Gasteiger partial charge is 0.0810 e. The number of aromatic nitrogens is 2. The summed E-state index contributed by atoms with van der Waals surface area (Å²) in [6, 6.07) is 52.0. The highest BCUT2D eigenvalue weighted by Gasteiger charge is 2.35. The Bertz CT molecular complexity index is 2000. The Balaban J connectivity index is 1.27. The number of rotatable bonds is 4. The molecule has 0 saturated carbocycles. The van der Waals surface area contributed by atoms with Crippen LogP contribution in [0.3, 0.4) is 0 Å². The molecule has 48 heavy (non-hydrogen) atoms. The van der Waals surface area contributed by atoms with Crippen molar-refractivity contribution in [3.8, 4) is 0 Å². The second-order valence-corrected chi connectivity index (χ2v) is 13.0. The van der Waals surface area contributed by atoms with Crippen molar-refractivity contribution in [1.82, 2.24) is 9.97 Å². The molecule has 3 aliphatic heterocycles. The summed E-state index contributed by atoms with van der Waals surface area (Å²) >= 11 is 0. The number of H-pyrrole nitrogens is 2. The van der Waals surface area contributed by atoms with E-state index in [9.17, 15) is 0 Å². The molecule has 5 heterocycles. The van der Waals surface area contributed by atoms with Crippen molar-refractivity contribution in [2.75, 3.05) is 0 Å². The van der Waals surface area contributed by atoms with E-state index in [0.29, 0.717) is 0 Å². The zero-order valence-corrected chi connectivity index (χ0v) is 26.5. The quantitative estimate of drug-likeness (QED) is 0.197. The molecule has 0 fully saturated rings. The van der Waals surface area contributed by atoms with E-state index in [1.165, 1.54) is 22.3 Å². The van der Waals surface area contributed by atoms with Crippen LogP contribution in [0.25, 0.3) is 0 Å². The van der Waals surface area contributed by atoms with Gasteiger partial charge in [-0.25, -0.2) is 0 Å². The second-order valence-electron chi connectivity index (χ2n) is 13.0. The molecule has 2 N–H and O–H groups in total. The lowest BCUT2D eigenvalue weighted by atomic mass is 9.89. The Hall–Kier alpha value is -5.74. The number of allylic oxidation sites excluding steroid dienone is 2. The van der Waals surface area contributed by atoms with Crippen LogP contribution in [0.1, 0.15) is 68.7 Å². The first-order valence-corrected chi connectivity index (χ1v) is 16.9. The maximum Gasteiger partial charge on any atom is 0.0810 e. The van der Waals surface area contributed by atoms with Gasteiger partial charge >= 0.3 is 0 Å². The molecule has 8 bridgehead atoms. The average Bonchev–Trinajstić information content (AvgIpc) is 3.98. The van der Waals surface area contributed by atoms with Crippen LogP contribution in [0.2, 0.25) is 0 Å². The molecule has 3 aliphatic rings. The molecule has 6 atom stereocenters. The van der Waals surface area contributed by atoms with Gasteiger partial charge in [-0.05, 0) is 58.7 Å². The lowest BCUT2D eigenvalue weighted by Crippen LogP contribution is -2.19. The van der Waals surface area contributed by atoms with E-state index in [0.717, 1.165) is 34.2 Å². The van der Waals surface area contributed by atoms with Crippen LogP contribution in [0.5, 0.6) is 0 Å². The van der Waals surface area contributed by atoms with Crippen LogP contribution in [-0.2, 0) is 0 Å². The van der Waals surface area contributed by atoms with Gasteiger partial charge in [-0.15, -0.1) is 0 Å². The Morgan fingerprint density at radius 2 is 0.688 bits per heavy atom. The van der Waals surface area contributed by atoms with Gasteiger partial charge in [0, 0.05) is 34.2 Å². The van der Waals surface area contributed by atoms with E-state index in [1.54, 1.807) is 0 Å². The molecular formula is C44H36N4. The van der Waals surface area contributed by atoms with Crippen molar-refractivity contribution >= 4 is 11.4 Å². The highest BCUT2D eigenvalue weighted by molar-refractivity contribution is 6.05. The molecule has 0 spiro atoms. The molecule has 4 nitrogen and oxygen atoms in total. The van der Waals surface area contributed by atoms with Crippen LogP contribution >= 0.6 is 0 Å². The van der Waals surface area contributed by atoms with Crippen molar-refractivity contribution in [1.29, 1.82) is 0 Å². The van der Waals surface area contributed by atoms with E-state index in [1.807, 2.05) is 0 Å². The minimum Gasteiger partial charge on any atom is -0.361 e. The van der Waals surface area contributed by atoms with Crippen molar-refractivity contribution < 1.29 is 0 Å². The van der Waals surface area contributed by atoms with Crippen LogP contribution in [0.15, 0.2) is 180 Å². The van der Waals surface area contributed by atoms with Crippen LogP contribution in [-0.4, -0.2) is 33.5 Å². The molecule has 4 aromatic carbocycles. The Morgan fingerprint density at radius 1 is 0.354 bits per heavy atom. The van der Waals surface area contributed by atoms with E-state index in [-0.39, 0.29) is 35.8 Å². The minimum absolute atomic E-state index is 0.0302. The second kappa shape index (κ2) is 12.1. The van der Waals surface area contributed by atoms with Gasteiger partial charge < -0.3 is 9.97 Å². The third kappa shape index (κ3) is 5.10. The monoisotopic (exact) mass is 620 g/mol. The highest BCUT2D eigenvalue weighted by atomic mass is 14.9. The number of aromatic amines is 2. The maximum absolute atomic E-state index is 5.52. The number of hydrogen-bond donors (Lipinski definition) is 2. The van der Waals surface area contributed by atoms with Gasteiger partial charge in [-0.1, -0.05) is 133 Å². The summed E-state index contributed by atoms with van der Waals surface area (Å²) in [5.74, 6) is 0.0124. The van der Waals surface area contributed by atoms with E-state index < -0.39 is 0 Å². The lowest BCUT2D eigenvalue weighted by molar-refractivity contribution is 0.666. The van der Waals surface area contributed by atoms with Crippen LogP contribution < -0.4 is 0 Å². The summed E-state index contributed by atoms with van der Waals surface area (Å²) in [7, 11) is 0. The average molecular weight is 621 g/mol. The molecule has 2 aromatic heterocycles. The molecule has 6 unspecified atom stereocenters.